The molecule has 6 nitrogen and oxygen atoms in total. The fraction of sp³-hybridized carbons (Fsp3) is 0.636. The van der Waals surface area contributed by atoms with E-state index in [1.165, 1.54) is 0 Å². The van der Waals surface area contributed by atoms with Crippen LogP contribution in [0.1, 0.15) is 82.8 Å². The minimum absolute atomic E-state index is 0.0272. The summed E-state index contributed by atoms with van der Waals surface area (Å²) in [5, 5.41) is 0.0619. The average Bonchev–Trinajstić information content (AvgIpc) is 3.54. The van der Waals surface area contributed by atoms with Crippen molar-refractivity contribution in [3.8, 4) is 0 Å². The van der Waals surface area contributed by atoms with E-state index in [1.54, 1.807) is 32.3 Å². The van der Waals surface area contributed by atoms with E-state index in [-0.39, 0.29) is 34.0 Å². The second-order valence-corrected chi connectivity index (χ2v) is 11.5. The first-order chi connectivity index (χ1) is 14.6. The minimum atomic E-state index is -1.51. The molecule has 1 aromatic carbocycles. The van der Waals surface area contributed by atoms with E-state index in [2.05, 4.69) is 4.72 Å². The van der Waals surface area contributed by atoms with Gasteiger partial charge >= 0.3 is 0 Å². The molecule has 1 saturated carbocycles. The van der Waals surface area contributed by atoms with Gasteiger partial charge in [0.1, 0.15) is 10.6 Å². The van der Waals surface area contributed by atoms with Gasteiger partial charge in [-0.3, -0.25) is 9.36 Å². The Labute approximate surface area is 183 Å². The van der Waals surface area contributed by atoms with E-state index < -0.39 is 33.8 Å². The number of aromatic nitrogens is 2. The number of nitrogens with one attached hydrogen (secondary N) is 1. The van der Waals surface area contributed by atoms with E-state index >= 15 is 4.39 Å². The second-order valence-electron chi connectivity index (χ2n) is 9.47. The van der Waals surface area contributed by atoms with E-state index in [4.69, 9.17) is 9.72 Å². The minimum Gasteiger partial charge on any atom is -0.598 e. The largest absolute Gasteiger partial charge is 0.598 e. The van der Waals surface area contributed by atoms with Crippen molar-refractivity contribution in [2.75, 3.05) is 13.2 Å². The lowest BCUT2D eigenvalue weighted by molar-refractivity contribution is 0.0825. The summed E-state index contributed by atoms with van der Waals surface area (Å²) in [7, 11) is 0. The molecule has 31 heavy (non-hydrogen) atoms. The van der Waals surface area contributed by atoms with Gasteiger partial charge in [-0.1, -0.05) is 0 Å². The van der Waals surface area contributed by atoms with Crippen molar-refractivity contribution in [3.63, 3.8) is 0 Å². The molecule has 2 atom stereocenters. The first kappa shape index (κ1) is 22.6. The zero-order chi connectivity index (χ0) is 22.5. The molecular formula is C22H29F2N3O3S. The van der Waals surface area contributed by atoms with Crippen LogP contribution in [0.4, 0.5) is 8.78 Å². The summed E-state index contributed by atoms with van der Waals surface area (Å²) in [6, 6.07) is 0.205. The predicted molar refractivity (Wildman–Crippen MR) is 116 cm³/mol. The van der Waals surface area contributed by atoms with E-state index in [1.807, 2.05) is 0 Å². The molecule has 0 radical (unpaired) electrons. The molecule has 0 bridgehead atoms. The summed E-state index contributed by atoms with van der Waals surface area (Å²) in [4.78, 5) is 18.2. The summed E-state index contributed by atoms with van der Waals surface area (Å²) in [6.07, 6.45) is 3.21. The van der Waals surface area contributed by atoms with Gasteiger partial charge < -0.3 is 9.29 Å². The number of nitrogens with zero attached hydrogens (tertiary/aromatic N) is 2. The molecule has 1 unspecified atom stereocenters. The van der Waals surface area contributed by atoms with Crippen LogP contribution in [0, 0.1) is 11.6 Å². The molecule has 2 aliphatic rings. The fourth-order valence-corrected chi connectivity index (χ4v) is 4.84. The Hall–Kier alpha value is -1.55. The number of ether oxygens (including phenoxy) is 1. The molecule has 2 heterocycles. The molecule has 1 aliphatic heterocycles. The first-order valence-corrected chi connectivity index (χ1v) is 11.9. The van der Waals surface area contributed by atoms with Gasteiger partial charge in [-0.2, -0.15) is 0 Å². The highest BCUT2D eigenvalue weighted by atomic mass is 32.2. The van der Waals surface area contributed by atoms with Gasteiger partial charge in [0.25, 0.3) is 5.56 Å². The molecule has 1 aliphatic carbocycles. The van der Waals surface area contributed by atoms with Crippen LogP contribution < -0.4 is 10.3 Å². The molecule has 2 aromatic rings. The molecular weight excluding hydrogens is 424 g/mol. The Morgan fingerprint density at radius 1 is 1.26 bits per heavy atom. The predicted octanol–water partition coefficient (Wildman–Crippen LogP) is 4.02. The smallest absolute Gasteiger partial charge is 0.261 e. The summed E-state index contributed by atoms with van der Waals surface area (Å²) < 4.78 is 51.6. The summed E-state index contributed by atoms with van der Waals surface area (Å²) in [6.45, 7) is 8.14. The molecule has 0 amide bonds. The van der Waals surface area contributed by atoms with Gasteiger partial charge in [-0.15, -0.1) is 4.72 Å². The highest BCUT2D eigenvalue weighted by Crippen LogP contribution is 2.39. The zero-order valence-electron chi connectivity index (χ0n) is 18.3. The van der Waals surface area contributed by atoms with Gasteiger partial charge in [0.15, 0.2) is 11.6 Å². The standard InChI is InChI=1S/C22H29F2N3O3S/c1-12(26-31(29)22(2,3)4)17-18(24)16(23)11-15-19(17)25-20(13-7-9-30-10-8-13)27(21(15)28)14-5-6-14/h11-14,26H,5-10H2,1-4H3/t12-,31?/m1/s1. The van der Waals surface area contributed by atoms with Crippen molar-refractivity contribution in [3.05, 3.63) is 39.4 Å². The van der Waals surface area contributed by atoms with Crippen LogP contribution in [0.15, 0.2) is 10.9 Å². The molecule has 1 saturated heterocycles. The lowest BCUT2D eigenvalue weighted by atomic mass is 9.97. The van der Waals surface area contributed by atoms with Crippen LogP contribution in [0.2, 0.25) is 0 Å². The Kier molecular flexibility index (Phi) is 6.15. The lowest BCUT2D eigenvalue weighted by Gasteiger charge is -2.28. The topological polar surface area (TPSA) is 79.2 Å². The highest BCUT2D eigenvalue weighted by Gasteiger charge is 2.35. The monoisotopic (exact) mass is 453 g/mol. The van der Waals surface area contributed by atoms with Crippen LogP contribution in [0.5, 0.6) is 0 Å². The van der Waals surface area contributed by atoms with Gasteiger partial charge in [-0.25, -0.2) is 13.8 Å². The molecule has 0 spiro atoms. The van der Waals surface area contributed by atoms with Crippen molar-refractivity contribution >= 4 is 22.3 Å². The Bertz CT molecular complexity index is 1040. The zero-order valence-corrected chi connectivity index (χ0v) is 19.2. The summed E-state index contributed by atoms with van der Waals surface area (Å²) >= 11 is -1.51. The molecule has 1 aromatic heterocycles. The number of hydrogen-bond donors (Lipinski definition) is 1. The van der Waals surface area contributed by atoms with Gasteiger partial charge in [0.05, 0.1) is 16.9 Å². The maximum Gasteiger partial charge on any atom is 0.261 e. The third kappa shape index (κ3) is 4.37. The Balaban J connectivity index is 1.90. The lowest BCUT2D eigenvalue weighted by Crippen LogP contribution is -2.41. The number of halogens is 2. The number of fused-ring (bicyclic) bond motifs is 1. The van der Waals surface area contributed by atoms with Crippen LogP contribution in [0.25, 0.3) is 10.9 Å². The van der Waals surface area contributed by atoms with E-state index in [0.717, 1.165) is 31.7 Å². The number of rotatable bonds is 5. The summed E-state index contributed by atoms with van der Waals surface area (Å²) in [5.41, 5.74) is -0.243. The normalized spacial score (nSPS) is 20.2. The third-order valence-electron chi connectivity index (χ3n) is 5.92. The van der Waals surface area contributed by atoms with Crippen LogP contribution in [0.3, 0.4) is 0 Å². The molecule has 2 fully saturated rings. The molecule has 4 rings (SSSR count). The van der Waals surface area contributed by atoms with Crippen LogP contribution in [-0.4, -0.2) is 32.1 Å². The van der Waals surface area contributed by atoms with Crippen molar-refractivity contribution in [1.82, 2.24) is 14.3 Å². The highest BCUT2D eigenvalue weighted by molar-refractivity contribution is 7.90. The molecule has 170 valence electrons. The number of benzene rings is 1. The maximum atomic E-state index is 15.0. The van der Waals surface area contributed by atoms with Gasteiger partial charge in [0.2, 0.25) is 0 Å². The summed E-state index contributed by atoms with van der Waals surface area (Å²) in [5.74, 6) is -1.51. The third-order valence-corrected chi connectivity index (χ3v) is 7.60. The second kappa shape index (κ2) is 8.42. The van der Waals surface area contributed by atoms with Gasteiger partial charge in [-0.05, 0) is 59.4 Å². The van der Waals surface area contributed by atoms with E-state index in [0.29, 0.717) is 19.0 Å². The quantitative estimate of drug-likeness (QED) is 0.692. The average molecular weight is 454 g/mol. The van der Waals surface area contributed by atoms with Crippen molar-refractivity contribution in [2.24, 2.45) is 0 Å². The maximum absolute atomic E-state index is 15.0. The molecule has 9 heteroatoms. The van der Waals surface area contributed by atoms with E-state index in [9.17, 15) is 13.7 Å². The number of hydrogen-bond acceptors (Lipinski definition) is 5. The van der Waals surface area contributed by atoms with Crippen LogP contribution in [-0.2, 0) is 16.1 Å². The van der Waals surface area contributed by atoms with Crippen molar-refractivity contribution in [1.29, 1.82) is 0 Å². The van der Waals surface area contributed by atoms with Gasteiger partial charge in [0, 0.05) is 42.1 Å². The SMILES string of the molecule is C[C@@H](N[S+]([O-])C(C)(C)C)c1c(F)c(F)cc2c(=O)n(C3CC3)c(C3CCOCC3)nc12. The van der Waals surface area contributed by atoms with Crippen LogP contribution >= 0.6 is 0 Å². The van der Waals surface area contributed by atoms with Crippen molar-refractivity contribution < 1.29 is 18.1 Å². The fourth-order valence-electron chi connectivity index (χ4n) is 4.04. The Morgan fingerprint density at radius 2 is 1.90 bits per heavy atom. The Morgan fingerprint density at radius 3 is 2.48 bits per heavy atom. The van der Waals surface area contributed by atoms with Crippen molar-refractivity contribution in [2.45, 2.75) is 76.1 Å². The first-order valence-electron chi connectivity index (χ1n) is 10.8. The molecule has 1 N–H and O–H groups in total.